The molecule has 0 radical (unpaired) electrons. The van der Waals surface area contributed by atoms with Crippen LogP contribution in [0.5, 0.6) is 0 Å². The number of nitrogens with one attached hydrogen (secondary N) is 1. The van der Waals surface area contributed by atoms with Gasteiger partial charge >= 0.3 is 5.97 Å². The van der Waals surface area contributed by atoms with Crippen LogP contribution >= 0.6 is 27.5 Å². The lowest BCUT2D eigenvalue weighted by molar-refractivity contribution is -0.115. The quantitative estimate of drug-likeness (QED) is 0.688. The van der Waals surface area contributed by atoms with Crippen molar-refractivity contribution in [3.8, 4) is 0 Å². The van der Waals surface area contributed by atoms with Gasteiger partial charge in [-0.15, -0.1) is 11.6 Å². The first-order valence-corrected chi connectivity index (χ1v) is 6.01. The molecule has 1 rings (SSSR count). The monoisotopic (exact) mass is 319 g/mol. The highest BCUT2D eigenvalue weighted by molar-refractivity contribution is 9.10. The molecule has 0 fully saturated rings. The molecule has 92 valence electrons. The highest BCUT2D eigenvalue weighted by atomic mass is 79.9. The number of carbonyl (C=O) groups is 2. The molecule has 0 heterocycles. The first kappa shape index (κ1) is 14.0. The zero-order chi connectivity index (χ0) is 13.0. The number of rotatable bonds is 3. The number of hydrogen-bond acceptors (Lipinski definition) is 3. The molecule has 0 aliphatic heterocycles. The second kappa shape index (κ2) is 6.02. The molecule has 6 heteroatoms. The summed E-state index contributed by atoms with van der Waals surface area (Å²) in [6.45, 7) is 1.55. The lowest BCUT2D eigenvalue weighted by Crippen LogP contribution is -2.22. The Bertz CT molecular complexity index is 448. The van der Waals surface area contributed by atoms with Gasteiger partial charge in [0.25, 0.3) is 0 Å². The molecule has 1 aromatic rings. The number of anilines is 1. The fourth-order valence-corrected chi connectivity index (χ4v) is 1.55. The van der Waals surface area contributed by atoms with E-state index < -0.39 is 11.3 Å². The maximum Gasteiger partial charge on any atom is 0.340 e. The van der Waals surface area contributed by atoms with E-state index in [2.05, 4.69) is 26.0 Å². The van der Waals surface area contributed by atoms with Crippen molar-refractivity contribution in [3.63, 3.8) is 0 Å². The van der Waals surface area contributed by atoms with E-state index in [9.17, 15) is 9.59 Å². The van der Waals surface area contributed by atoms with Gasteiger partial charge in [0.1, 0.15) is 5.38 Å². The molecule has 1 amide bonds. The SMILES string of the molecule is COC(=O)c1cc(Br)ccc1NC(=O)C(C)Cl. The molecule has 0 bridgehead atoms. The summed E-state index contributed by atoms with van der Waals surface area (Å²) in [7, 11) is 1.28. The first-order valence-electron chi connectivity index (χ1n) is 4.78. The van der Waals surface area contributed by atoms with Crippen molar-refractivity contribution >= 4 is 45.1 Å². The van der Waals surface area contributed by atoms with Crippen LogP contribution in [0, 0.1) is 0 Å². The normalized spacial score (nSPS) is 11.8. The molecule has 0 saturated carbocycles. The molecular weight excluding hydrogens is 309 g/mol. The molecule has 0 spiro atoms. The van der Waals surface area contributed by atoms with Crippen molar-refractivity contribution in [1.29, 1.82) is 0 Å². The van der Waals surface area contributed by atoms with Gasteiger partial charge in [-0.05, 0) is 25.1 Å². The molecule has 4 nitrogen and oxygen atoms in total. The molecule has 0 saturated heterocycles. The van der Waals surface area contributed by atoms with Crippen molar-refractivity contribution in [2.45, 2.75) is 12.3 Å². The predicted octanol–water partition coefficient (Wildman–Crippen LogP) is 2.80. The highest BCUT2D eigenvalue weighted by Gasteiger charge is 2.16. The Morgan fingerprint density at radius 3 is 2.65 bits per heavy atom. The number of alkyl halides is 1. The number of benzene rings is 1. The Labute approximate surface area is 112 Å². The van der Waals surface area contributed by atoms with E-state index in [-0.39, 0.29) is 11.5 Å². The molecule has 1 atom stereocenters. The van der Waals surface area contributed by atoms with Crippen molar-refractivity contribution in [2.24, 2.45) is 0 Å². The maximum absolute atomic E-state index is 11.5. The largest absolute Gasteiger partial charge is 0.465 e. The molecule has 0 aliphatic rings. The predicted molar refractivity (Wildman–Crippen MR) is 69.4 cm³/mol. The van der Waals surface area contributed by atoms with E-state index in [0.717, 1.165) is 4.47 Å². The summed E-state index contributed by atoms with van der Waals surface area (Å²) in [4.78, 5) is 23.0. The Kier molecular flexibility index (Phi) is 4.96. The van der Waals surface area contributed by atoms with E-state index in [1.54, 1.807) is 25.1 Å². The number of hydrogen-bond donors (Lipinski definition) is 1. The van der Waals surface area contributed by atoms with Crippen molar-refractivity contribution in [3.05, 3.63) is 28.2 Å². The summed E-state index contributed by atoms with van der Waals surface area (Å²) in [6.07, 6.45) is 0. The van der Waals surface area contributed by atoms with Crippen molar-refractivity contribution in [2.75, 3.05) is 12.4 Å². The van der Waals surface area contributed by atoms with Crippen LogP contribution in [-0.2, 0) is 9.53 Å². The van der Waals surface area contributed by atoms with E-state index in [1.165, 1.54) is 7.11 Å². The number of esters is 1. The molecule has 1 aromatic carbocycles. The fraction of sp³-hybridized carbons (Fsp3) is 0.273. The van der Waals surface area contributed by atoms with Gasteiger partial charge in [-0.1, -0.05) is 15.9 Å². The van der Waals surface area contributed by atoms with Gasteiger partial charge < -0.3 is 10.1 Å². The van der Waals surface area contributed by atoms with Crippen LogP contribution < -0.4 is 5.32 Å². The van der Waals surface area contributed by atoms with E-state index in [4.69, 9.17) is 11.6 Å². The summed E-state index contributed by atoms with van der Waals surface area (Å²) in [5.41, 5.74) is 0.644. The molecular formula is C11H11BrClNO3. The molecule has 0 aromatic heterocycles. The second-order valence-electron chi connectivity index (χ2n) is 3.29. The van der Waals surface area contributed by atoms with E-state index in [0.29, 0.717) is 5.69 Å². The lowest BCUT2D eigenvalue weighted by atomic mass is 10.1. The number of halogens is 2. The molecule has 1 N–H and O–H groups in total. The number of carbonyl (C=O) groups excluding carboxylic acids is 2. The molecule has 1 unspecified atom stereocenters. The molecule has 17 heavy (non-hydrogen) atoms. The van der Waals surface area contributed by atoms with Crippen LogP contribution in [-0.4, -0.2) is 24.4 Å². The van der Waals surface area contributed by atoms with Gasteiger partial charge in [0.05, 0.1) is 18.4 Å². The number of methoxy groups -OCH3 is 1. The van der Waals surface area contributed by atoms with Crippen molar-refractivity contribution < 1.29 is 14.3 Å². The van der Waals surface area contributed by atoms with E-state index >= 15 is 0 Å². The Morgan fingerprint density at radius 2 is 2.12 bits per heavy atom. The third kappa shape index (κ3) is 3.71. The van der Waals surface area contributed by atoms with E-state index in [1.807, 2.05) is 0 Å². The number of ether oxygens (including phenoxy) is 1. The number of amides is 1. The second-order valence-corrected chi connectivity index (χ2v) is 4.86. The van der Waals surface area contributed by atoms with Gasteiger partial charge in [0.2, 0.25) is 5.91 Å². The highest BCUT2D eigenvalue weighted by Crippen LogP contribution is 2.22. The minimum absolute atomic E-state index is 0.271. The zero-order valence-electron chi connectivity index (χ0n) is 9.29. The summed E-state index contributed by atoms with van der Waals surface area (Å²) in [6, 6.07) is 4.88. The molecule has 0 aliphatic carbocycles. The maximum atomic E-state index is 11.5. The van der Waals surface area contributed by atoms with Crippen LogP contribution in [0.4, 0.5) is 5.69 Å². The summed E-state index contributed by atoms with van der Waals surface area (Å²) >= 11 is 8.88. The Hall–Kier alpha value is -1.07. The summed E-state index contributed by atoms with van der Waals surface area (Å²) in [5, 5.41) is 1.88. The van der Waals surface area contributed by atoms with Gasteiger partial charge in [0, 0.05) is 4.47 Å². The lowest BCUT2D eigenvalue weighted by Gasteiger charge is -2.11. The van der Waals surface area contributed by atoms with Gasteiger partial charge in [-0.25, -0.2) is 4.79 Å². The minimum Gasteiger partial charge on any atom is -0.465 e. The third-order valence-corrected chi connectivity index (χ3v) is 2.70. The van der Waals surface area contributed by atoms with Gasteiger partial charge in [-0.2, -0.15) is 0 Å². The summed E-state index contributed by atoms with van der Waals surface area (Å²) < 4.78 is 5.35. The Balaban J connectivity index is 3.06. The standard InChI is InChI=1S/C11H11BrClNO3/c1-6(13)10(15)14-9-4-3-7(12)5-8(9)11(16)17-2/h3-6H,1-2H3,(H,14,15). The van der Waals surface area contributed by atoms with Crippen LogP contribution in [0.1, 0.15) is 17.3 Å². The Morgan fingerprint density at radius 1 is 1.47 bits per heavy atom. The van der Waals surface area contributed by atoms with Crippen LogP contribution in [0.25, 0.3) is 0 Å². The average molecular weight is 321 g/mol. The zero-order valence-corrected chi connectivity index (χ0v) is 11.6. The minimum atomic E-state index is -0.677. The third-order valence-electron chi connectivity index (χ3n) is 2.01. The average Bonchev–Trinajstić information content (AvgIpc) is 2.30. The van der Waals surface area contributed by atoms with Crippen molar-refractivity contribution in [1.82, 2.24) is 0 Å². The van der Waals surface area contributed by atoms with Gasteiger partial charge in [-0.3, -0.25) is 4.79 Å². The van der Waals surface area contributed by atoms with Crippen LogP contribution in [0.15, 0.2) is 22.7 Å². The van der Waals surface area contributed by atoms with Crippen LogP contribution in [0.2, 0.25) is 0 Å². The smallest absolute Gasteiger partial charge is 0.340 e. The first-order chi connectivity index (χ1) is 7.95. The summed E-state index contributed by atoms with van der Waals surface area (Å²) in [5.74, 6) is -0.900. The fourth-order valence-electron chi connectivity index (χ4n) is 1.14. The van der Waals surface area contributed by atoms with Gasteiger partial charge in [0.15, 0.2) is 0 Å². The van der Waals surface area contributed by atoms with Crippen LogP contribution in [0.3, 0.4) is 0 Å². The topological polar surface area (TPSA) is 55.4 Å².